The molecule has 0 spiro atoms. The topological polar surface area (TPSA) is 56.1 Å². The van der Waals surface area contributed by atoms with Crippen molar-refractivity contribution < 1.29 is 9.53 Å². The average molecular weight is 398 g/mol. The van der Waals surface area contributed by atoms with E-state index in [0.717, 1.165) is 40.6 Å². The van der Waals surface area contributed by atoms with Crippen molar-refractivity contribution in [3.05, 3.63) is 82.1 Å². The summed E-state index contributed by atoms with van der Waals surface area (Å²) in [4.78, 5) is 12.3. The summed E-state index contributed by atoms with van der Waals surface area (Å²) >= 11 is 6.03. The van der Waals surface area contributed by atoms with Gasteiger partial charge in [-0.05, 0) is 67.8 Å². The first-order valence-corrected chi connectivity index (χ1v) is 9.65. The molecule has 1 aromatic heterocycles. The van der Waals surface area contributed by atoms with Crippen LogP contribution in [0.5, 0.6) is 5.75 Å². The molecule has 0 bridgehead atoms. The maximum Gasteiger partial charge on any atom is 0.251 e. The molecular formula is C22H24ClN3O2. The van der Waals surface area contributed by atoms with E-state index in [-0.39, 0.29) is 5.91 Å². The van der Waals surface area contributed by atoms with Gasteiger partial charge in [-0.3, -0.25) is 9.48 Å². The van der Waals surface area contributed by atoms with E-state index in [1.807, 2.05) is 67.1 Å². The summed E-state index contributed by atoms with van der Waals surface area (Å²) in [7, 11) is 0. The molecule has 0 atom stereocenters. The summed E-state index contributed by atoms with van der Waals surface area (Å²) in [5, 5.41) is 7.90. The third-order valence-corrected chi connectivity index (χ3v) is 4.94. The summed E-state index contributed by atoms with van der Waals surface area (Å²) in [5.41, 5.74) is 3.74. The highest BCUT2D eigenvalue weighted by Gasteiger charge is 2.06. The van der Waals surface area contributed by atoms with Gasteiger partial charge in [-0.1, -0.05) is 23.7 Å². The molecule has 0 aliphatic carbocycles. The molecule has 0 saturated carbocycles. The first kappa shape index (κ1) is 20.0. The van der Waals surface area contributed by atoms with Crippen LogP contribution in [-0.4, -0.2) is 22.2 Å². The summed E-state index contributed by atoms with van der Waals surface area (Å²) in [6.07, 6.45) is 2.62. The predicted octanol–water partition coefficient (Wildman–Crippen LogP) is 4.55. The second-order valence-corrected chi connectivity index (χ2v) is 7.11. The maximum absolute atomic E-state index is 12.3. The van der Waals surface area contributed by atoms with Crippen molar-refractivity contribution >= 4 is 17.5 Å². The molecule has 2 aromatic carbocycles. The third-order valence-electron chi connectivity index (χ3n) is 4.51. The minimum absolute atomic E-state index is 0.0713. The molecular weight excluding hydrogens is 374 g/mol. The number of nitrogens with zero attached hydrogens (tertiary/aromatic N) is 2. The maximum atomic E-state index is 12.3. The fourth-order valence-electron chi connectivity index (χ4n) is 2.79. The summed E-state index contributed by atoms with van der Waals surface area (Å²) in [6, 6.07) is 15.0. The zero-order valence-electron chi connectivity index (χ0n) is 16.1. The van der Waals surface area contributed by atoms with Crippen molar-refractivity contribution in [1.29, 1.82) is 0 Å². The van der Waals surface area contributed by atoms with Crippen LogP contribution in [0.15, 0.2) is 54.7 Å². The minimum atomic E-state index is -0.0713. The molecule has 3 rings (SSSR count). The van der Waals surface area contributed by atoms with E-state index in [1.54, 1.807) is 6.20 Å². The zero-order valence-corrected chi connectivity index (χ0v) is 16.9. The Morgan fingerprint density at radius 3 is 2.61 bits per heavy atom. The lowest BCUT2D eigenvalue weighted by Gasteiger charge is -2.09. The van der Waals surface area contributed by atoms with Gasteiger partial charge < -0.3 is 10.1 Å². The molecule has 0 saturated heterocycles. The van der Waals surface area contributed by atoms with E-state index in [9.17, 15) is 4.79 Å². The Balaban J connectivity index is 1.44. The SMILES string of the molecule is Cc1cc(OCc2ccc(C(=O)NCCCn3nccc3C)cc2)ccc1Cl. The number of halogens is 1. The molecule has 5 nitrogen and oxygen atoms in total. The number of amides is 1. The second kappa shape index (κ2) is 9.42. The predicted molar refractivity (Wildman–Crippen MR) is 111 cm³/mol. The van der Waals surface area contributed by atoms with Crippen LogP contribution < -0.4 is 10.1 Å². The molecule has 1 amide bonds. The molecule has 1 N–H and O–H groups in total. The van der Waals surface area contributed by atoms with Gasteiger partial charge in [0.05, 0.1) is 0 Å². The van der Waals surface area contributed by atoms with Gasteiger partial charge in [0.25, 0.3) is 5.91 Å². The van der Waals surface area contributed by atoms with Gasteiger partial charge in [-0.2, -0.15) is 5.10 Å². The molecule has 1 heterocycles. The summed E-state index contributed by atoms with van der Waals surface area (Å²) < 4.78 is 7.72. The van der Waals surface area contributed by atoms with Crippen LogP contribution in [0.3, 0.4) is 0 Å². The van der Waals surface area contributed by atoms with E-state index in [2.05, 4.69) is 10.4 Å². The van der Waals surface area contributed by atoms with Crippen molar-refractivity contribution in [1.82, 2.24) is 15.1 Å². The van der Waals surface area contributed by atoms with E-state index in [1.165, 1.54) is 0 Å². The number of nitrogens with one attached hydrogen (secondary N) is 1. The lowest BCUT2D eigenvalue weighted by Crippen LogP contribution is -2.25. The fourth-order valence-corrected chi connectivity index (χ4v) is 2.91. The van der Waals surface area contributed by atoms with Crippen molar-refractivity contribution in [2.24, 2.45) is 0 Å². The largest absolute Gasteiger partial charge is 0.489 e. The van der Waals surface area contributed by atoms with Crippen LogP contribution >= 0.6 is 11.6 Å². The molecule has 146 valence electrons. The van der Waals surface area contributed by atoms with Gasteiger partial charge in [0.1, 0.15) is 12.4 Å². The average Bonchev–Trinajstić information content (AvgIpc) is 3.11. The van der Waals surface area contributed by atoms with Crippen LogP contribution in [0.25, 0.3) is 0 Å². The molecule has 0 fully saturated rings. The number of hydrogen-bond acceptors (Lipinski definition) is 3. The van der Waals surface area contributed by atoms with Gasteiger partial charge in [-0.25, -0.2) is 0 Å². The lowest BCUT2D eigenvalue weighted by atomic mass is 10.1. The van der Waals surface area contributed by atoms with Crippen molar-refractivity contribution in [3.8, 4) is 5.75 Å². The standard InChI is InChI=1S/C22H24ClN3O2/c1-16-14-20(8-9-21(16)23)28-15-18-4-6-19(7-5-18)22(27)24-11-3-13-26-17(2)10-12-25-26/h4-10,12,14H,3,11,13,15H2,1-2H3,(H,24,27). The molecule has 6 heteroatoms. The van der Waals surface area contributed by atoms with Crippen LogP contribution in [0.1, 0.15) is 33.6 Å². The fraction of sp³-hybridized carbons (Fsp3) is 0.273. The first-order valence-electron chi connectivity index (χ1n) is 9.27. The van der Waals surface area contributed by atoms with Crippen LogP contribution in [0, 0.1) is 13.8 Å². The zero-order chi connectivity index (χ0) is 19.9. The molecule has 3 aromatic rings. The second-order valence-electron chi connectivity index (χ2n) is 6.70. The number of rotatable bonds is 8. The molecule has 0 aliphatic heterocycles. The van der Waals surface area contributed by atoms with E-state index in [0.29, 0.717) is 18.7 Å². The molecule has 0 radical (unpaired) electrons. The van der Waals surface area contributed by atoms with E-state index < -0.39 is 0 Å². The van der Waals surface area contributed by atoms with E-state index >= 15 is 0 Å². The molecule has 0 aliphatic rings. The van der Waals surface area contributed by atoms with Gasteiger partial charge in [0, 0.05) is 35.6 Å². The molecule has 0 unspecified atom stereocenters. The highest BCUT2D eigenvalue weighted by Crippen LogP contribution is 2.21. The number of benzene rings is 2. The third kappa shape index (κ3) is 5.36. The first-order chi connectivity index (χ1) is 13.5. The summed E-state index contributed by atoms with van der Waals surface area (Å²) in [6.45, 7) is 5.80. The van der Waals surface area contributed by atoms with Crippen molar-refractivity contribution in [2.45, 2.75) is 33.4 Å². The number of aryl methyl sites for hydroxylation is 3. The number of aromatic nitrogens is 2. The highest BCUT2D eigenvalue weighted by atomic mass is 35.5. The highest BCUT2D eigenvalue weighted by molar-refractivity contribution is 6.31. The Hall–Kier alpha value is -2.79. The van der Waals surface area contributed by atoms with Gasteiger partial charge >= 0.3 is 0 Å². The van der Waals surface area contributed by atoms with Crippen molar-refractivity contribution in [3.63, 3.8) is 0 Å². The normalized spacial score (nSPS) is 10.7. The molecule has 28 heavy (non-hydrogen) atoms. The van der Waals surface area contributed by atoms with Gasteiger partial charge in [0.15, 0.2) is 0 Å². The van der Waals surface area contributed by atoms with Gasteiger partial charge in [-0.15, -0.1) is 0 Å². The lowest BCUT2D eigenvalue weighted by molar-refractivity contribution is 0.0952. The minimum Gasteiger partial charge on any atom is -0.489 e. The van der Waals surface area contributed by atoms with Gasteiger partial charge in [0.2, 0.25) is 0 Å². The van der Waals surface area contributed by atoms with Crippen LogP contribution in [-0.2, 0) is 13.2 Å². The number of carbonyl (C=O) groups is 1. The monoisotopic (exact) mass is 397 g/mol. The van der Waals surface area contributed by atoms with E-state index in [4.69, 9.17) is 16.3 Å². The number of hydrogen-bond donors (Lipinski definition) is 1. The Kier molecular flexibility index (Phi) is 6.71. The Morgan fingerprint density at radius 2 is 1.93 bits per heavy atom. The Bertz CT molecular complexity index is 935. The Labute approximate surface area is 170 Å². The van der Waals surface area contributed by atoms with Crippen molar-refractivity contribution in [2.75, 3.05) is 6.54 Å². The van der Waals surface area contributed by atoms with Crippen LogP contribution in [0.4, 0.5) is 0 Å². The number of ether oxygens (including phenoxy) is 1. The number of carbonyl (C=O) groups excluding carboxylic acids is 1. The smallest absolute Gasteiger partial charge is 0.251 e. The van der Waals surface area contributed by atoms with Crippen LogP contribution in [0.2, 0.25) is 5.02 Å². The quantitative estimate of drug-likeness (QED) is 0.567. The summed E-state index contributed by atoms with van der Waals surface area (Å²) in [5.74, 6) is 0.703. The Morgan fingerprint density at radius 1 is 1.14 bits per heavy atom.